The minimum absolute atomic E-state index is 0.200. The van der Waals surface area contributed by atoms with Gasteiger partial charge in [0.1, 0.15) is 5.82 Å². The van der Waals surface area contributed by atoms with E-state index in [1.807, 2.05) is 0 Å². The number of nitrogens with one attached hydrogen (secondary N) is 1. The molecule has 1 N–H and O–H groups in total. The molecule has 0 aliphatic rings. The van der Waals surface area contributed by atoms with Gasteiger partial charge in [0.15, 0.2) is 0 Å². The van der Waals surface area contributed by atoms with Crippen molar-refractivity contribution >= 4 is 50.7 Å². The van der Waals surface area contributed by atoms with Gasteiger partial charge in [-0.3, -0.25) is 4.79 Å². The van der Waals surface area contributed by atoms with Gasteiger partial charge in [-0.2, -0.15) is 0 Å². The van der Waals surface area contributed by atoms with E-state index in [1.54, 1.807) is 12.1 Å². The normalized spacial score (nSPS) is 10.3. The number of hydrogen-bond acceptors (Lipinski definition) is 1. The number of anilines is 1. The van der Waals surface area contributed by atoms with Crippen LogP contribution in [0.4, 0.5) is 10.1 Å². The minimum Gasteiger partial charge on any atom is -0.322 e. The first-order valence-corrected chi connectivity index (χ1v) is 6.74. The van der Waals surface area contributed by atoms with Crippen LogP contribution in [0, 0.1) is 5.82 Å². The summed E-state index contributed by atoms with van der Waals surface area (Å²) < 4.78 is 13.6. The molecule has 2 aromatic carbocycles. The molecule has 0 saturated heterocycles. The van der Waals surface area contributed by atoms with Gasteiger partial charge in [0.05, 0.1) is 15.6 Å². The average molecular weight is 363 g/mol. The van der Waals surface area contributed by atoms with Crippen LogP contribution < -0.4 is 5.32 Å². The molecule has 2 rings (SSSR count). The Hall–Kier alpha value is -1.10. The molecule has 2 nitrogen and oxygen atoms in total. The predicted octanol–water partition coefficient (Wildman–Crippen LogP) is 5.15. The Morgan fingerprint density at radius 1 is 1.11 bits per heavy atom. The SMILES string of the molecule is O=C(Nc1ccc(Cl)c(Cl)c1)c1cc(F)ccc1Br. The van der Waals surface area contributed by atoms with E-state index < -0.39 is 11.7 Å². The van der Waals surface area contributed by atoms with Crippen LogP contribution >= 0.6 is 39.1 Å². The molecule has 98 valence electrons. The van der Waals surface area contributed by atoms with Gasteiger partial charge in [-0.1, -0.05) is 23.2 Å². The lowest BCUT2D eigenvalue weighted by Gasteiger charge is -2.08. The van der Waals surface area contributed by atoms with Gasteiger partial charge in [-0.25, -0.2) is 4.39 Å². The van der Waals surface area contributed by atoms with Gasteiger partial charge in [-0.15, -0.1) is 0 Å². The van der Waals surface area contributed by atoms with Crippen LogP contribution in [0.1, 0.15) is 10.4 Å². The van der Waals surface area contributed by atoms with E-state index in [0.29, 0.717) is 20.2 Å². The molecule has 0 bridgehead atoms. The first kappa shape index (κ1) is 14.3. The molecule has 6 heteroatoms. The lowest BCUT2D eigenvalue weighted by atomic mass is 10.2. The first-order valence-electron chi connectivity index (χ1n) is 5.19. The second-order valence-corrected chi connectivity index (χ2v) is 5.38. The van der Waals surface area contributed by atoms with E-state index in [2.05, 4.69) is 21.2 Å². The van der Waals surface area contributed by atoms with Gasteiger partial charge >= 0.3 is 0 Å². The quantitative estimate of drug-likeness (QED) is 0.786. The van der Waals surface area contributed by atoms with Gasteiger partial charge < -0.3 is 5.32 Å². The highest BCUT2D eigenvalue weighted by Crippen LogP contribution is 2.26. The summed E-state index contributed by atoms with van der Waals surface area (Å²) in [6.45, 7) is 0. The summed E-state index contributed by atoms with van der Waals surface area (Å²) in [4.78, 5) is 12.0. The van der Waals surface area contributed by atoms with Crippen LogP contribution in [0.5, 0.6) is 0 Å². The molecule has 0 heterocycles. The van der Waals surface area contributed by atoms with E-state index in [-0.39, 0.29) is 5.56 Å². The number of hydrogen-bond donors (Lipinski definition) is 1. The molecular weight excluding hydrogens is 356 g/mol. The third-order valence-electron chi connectivity index (χ3n) is 2.35. The second kappa shape index (κ2) is 5.90. The van der Waals surface area contributed by atoms with E-state index in [0.717, 1.165) is 6.07 Å². The molecule has 0 aliphatic heterocycles. The zero-order chi connectivity index (χ0) is 14.0. The molecule has 1 amide bonds. The van der Waals surface area contributed by atoms with Crippen LogP contribution in [0.15, 0.2) is 40.9 Å². The summed E-state index contributed by atoms with van der Waals surface area (Å²) >= 11 is 14.8. The second-order valence-electron chi connectivity index (χ2n) is 3.71. The highest BCUT2D eigenvalue weighted by molar-refractivity contribution is 9.10. The average Bonchev–Trinajstić information content (AvgIpc) is 2.36. The lowest BCUT2D eigenvalue weighted by molar-refractivity contribution is 0.102. The van der Waals surface area contributed by atoms with Gasteiger partial charge in [0.2, 0.25) is 0 Å². The van der Waals surface area contributed by atoms with Crippen LogP contribution in [0.3, 0.4) is 0 Å². The third kappa shape index (κ3) is 3.47. The molecule has 0 fully saturated rings. The van der Waals surface area contributed by atoms with Crippen molar-refractivity contribution in [3.05, 3.63) is 62.3 Å². The van der Waals surface area contributed by atoms with Crippen molar-refractivity contribution in [2.24, 2.45) is 0 Å². The van der Waals surface area contributed by atoms with Crippen molar-refractivity contribution in [2.75, 3.05) is 5.32 Å². The zero-order valence-electron chi connectivity index (χ0n) is 9.38. The highest BCUT2D eigenvalue weighted by Gasteiger charge is 2.12. The number of rotatable bonds is 2. The largest absolute Gasteiger partial charge is 0.322 e. The van der Waals surface area contributed by atoms with E-state index >= 15 is 0 Å². The summed E-state index contributed by atoms with van der Waals surface area (Å²) in [5, 5.41) is 3.34. The van der Waals surface area contributed by atoms with Crippen LogP contribution in [-0.4, -0.2) is 5.91 Å². The fraction of sp³-hybridized carbons (Fsp3) is 0. The summed E-state index contributed by atoms with van der Waals surface area (Å²) in [6.07, 6.45) is 0. The minimum atomic E-state index is -0.484. The molecule has 0 aromatic heterocycles. The summed E-state index contributed by atoms with van der Waals surface area (Å²) in [5.74, 6) is -0.924. The molecule has 0 atom stereocenters. The molecular formula is C13H7BrCl2FNO. The maximum Gasteiger partial charge on any atom is 0.256 e. The Bertz CT molecular complexity index is 649. The van der Waals surface area contributed by atoms with Crippen LogP contribution in [-0.2, 0) is 0 Å². The number of carbonyl (C=O) groups excluding carboxylic acids is 1. The monoisotopic (exact) mass is 361 g/mol. The Morgan fingerprint density at radius 3 is 2.53 bits per heavy atom. The van der Waals surface area contributed by atoms with Gasteiger partial charge in [0.25, 0.3) is 5.91 Å². The first-order chi connectivity index (χ1) is 8.97. The molecule has 0 saturated carbocycles. The third-order valence-corrected chi connectivity index (χ3v) is 3.78. The van der Waals surface area contributed by atoms with Crippen LogP contribution in [0.25, 0.3) is 0 Å². The summed E-state index contributed by atoms with van der Waals surface area (Å²) in [5.41, 5.74) is 0.682. The fourth-order valence-corrected chi connectivity index (χ4v) is 2.17. The Balaban J connectivity index is 2.25. The Kier molecular flexibility index (Phi) is 4.45. The van der Waals surface area contributed by atoms with Crippen LogP contribution in [0.2, 0.25) is 10.0 Å². The maximum atomic E-state index is 13.1. The maximum absolute atomic E-state index is 13.1. The molecule has 0 radical (unpaired) electrons. The number of carbonyl (C=O) groups is 1. The van der Waals surface area contributed by atoms with Crippen molar-refractivity contribution in [1.82, 2.24) is 0 Å². The number of halogens is 4. The summed E-state index contributed by atoms with van der Waals surface area (Å²) in [7, 11) is 0. The topological polar surface area (TPSA) is 29.1 Å². The van der Waals surface area contributed by atoms with Crippen molar-refractivity contribution in [3.8, 4) is 0 Å². The predicted molar refractivity (Wildman–Crippen MR) is 78.5 cm³/mol. The molecule has 0 unspecified atom stereocenters. The van der Waals surface area contributed by atoms with Gasteiger partial charge in [-0.05, 0) is 52.3 Å². The van der Waals surface area contributed by atoms with Crippen molar-refractivity contribution in [2.45, 2.75) is 0 Å². The zero-order valence-corrected chi connectivity index (χ0v) is 12.5. The standard InChI is InChI=1S/C13H7BrCl2FNO/c14-10-3-1-7(17)5-9(10)13(19)18-8-2-4-11(15)12(16)6-8/h1-6H,(H,18,19). The smallest absolute Gasteiger partial charge is 0.256 e. The number of benzene rings is 2. The van der Waals surface area contributed by atoms with E-state index in [1.165, 1.54) is 18.2 Å². The van der Waals surface area contributed by atoms with Gasteiger partial charge in [0, 0.05) is 10.2 Å². The Morgan fingerprint density at radius 2 is 1.84 bits per heavy atom. The fourth-order valence-electron chi connectivity index (χ4n) is 1.44. The summed E-state index contributed by atoms with van der Waals surface area (Å²) in [6, 6.07) is 8.59. The van der Waals surface area contributed by atoms with Crippen molar-refractivity contribution in [3.63, 3.8) is 0 Å². The number of amides is 1. The molecule has 0 spiro atoms. The van der Waals surface area contributed by atoms with Crippen molar-refractivity contribution < 1.29 is 9.18 Å². The van der Waals surface area contributed by atoms with E-state index in [4.69, 9.17) is 23.2 Å². The molecule has 2 aromatic rings. The molecule has 0 aliphatic carbocycles. The van der Waals surface area contributed by atoms with E-state index in [9.17, 15) is 9.18 Å². The molecule has 19 heavy (non-hydrogen) atoms. The Labute approximate surface area is 127 Å². The van der Waals surface area contributed by atoms with Crippen molar-refractivity contribution in [1.29, 1.82) is 0 Å². The highest BCUT2D eigenvalue weighted by atomic mass is 79.9. The lowest BCUT2D eigenvalue weighted by Crippen LogP contribution is -2.12.